The zero-order valence-corrected chi connectivity index (χ0v) is 11.0. The average molecular weight is 302 g/mol. The van der Waals surface area contributed by atoms with Gasteiger partial charge in [-0.2, -0.15) is 0 Å². The number of alkyl halides is 1. The number of anilines is 1. The van der Waals surface area contributed by atoms with E-state index >= 15 is 0 Å². The van der Waals surface area contributed by atoms with E-state index in [2.05, 4.69) is 21.2 Å². The number of unbranched alkanes of at least 4 members (excludes halogenated alkanes) is 2. The molecule has 0 atom stereocenters. The molecule has 5 heteroatoms. The van der Waals surface area contributed by atoms with Crippen molar-refractivity contribution in [2.45, 2.75) is 25.7 Å². The molecule has 1 aromatic carbocycles. The molecule has 17 heavy (non-hydrogen) atoms. The Labute approximate surface area is 109 Å². The highest BCUT2D eigenvalue weighted by atomic mass is 79.9. The maximum atomic E-state index is 11.5. The normalized spacial score (nSPS) is 10.2. The molecule has 0 bridgehead atoms. The predicted molar refractivity (Wildman–Crippen MR) is 70.7 cm³/mol. The molecule has 94 valence electrons. The number of benzene rings is 1. The first-order chi connectivity index (χ1) is 8.15. The lowest BCUT2D eigenvalue weighted by atomic mass is 10.2. The number of carbonyl (C=O) groups is 1. The molecule has 0 radical (unpaired) electrons. The van der Waals surface area contributed by atoms with E-state index in [1.54, 1.807) is 0 Å². The fraction of sp³-hybridized carbons (Fsp3) is 0.417. The van der Waals surface area contributed by atoms with Crippen LogP contribution in [0.1, 0.15) is 25.7 Å². The second-order valence-corrected chi connectivity index (χ2v) is 4.51. The maximum absolute atomic E-state index is 11.5. The number of amides is 1. The molecule has 3 N–H and O–H groups in total. The van der Waals surface area contributed by atoms with Crippen LogP contribution in [0.4, 0.5) is 5.69 Å². The van der Waals surface area contributed by atoms with E-state index in [9.17, 15) is 15.0 Å². The number of carbonyl (C=O) groups excluding carboxylic acids is 1. The van der Waals surface area contributed by atoms with E-state index < -0.39 is 0 Å². The van der Waals surface area contributed by atoms with E-state index in [4.69, 9.17) is 0 Å². The minimum Gasteiger partial charge on any atom is -0.506 e. The Bertz CT molecular complexity index is 362. The summed E-state index contributed by atoms with van der Waals surface area (Å²) in [7, 11) is 0. The first-order valence-corrected chi connectivity index (χ1v) is 6.64. The highest BCUT2D eigenvalue weighted by Crippen LogP contribution is 2.32. The summed E-state index contributed by atoms with van der Waals surface area (Å²) in [4.78, 5) is 11.5. The molecule has 4 nitrogen and oxygen atoms in total. The molecule has 0 aliphatic heterocycles. The van der Waals surface area contributed by atoms with Crippen molar-refractivity contribution < 1.29 is 15.0 Å². The van der Waals surface area contributed by atoms with E-state index in [-0.39, 0.29) is 23.1 Å². The molecule has 0 aromatic heterocycles. The molecular formula is C12H16BrNO3. The fourth-order valence-electron chi connectivity index (χ4n) is 1.42. The third-order valence-corrected chi connectivity index (χ3v) is 2.88. The van der Waals surface area contributed by atoms with Gasteiger partial charge in [0.05, 0.1) is 0 Å². The molecule has 0 fully saturated rings. The van der Waals surface area contributed by atoms with Crippen molar-refractivity contribution in [1.29, 1.82) is 0 Å². The highest BCUT2D eigenvalue weighted by molar-refractivity contribution is 9.09. The summed E-state index contributed by atoms with van der Waals surface area (Å²) in [6, 6.07) is 4.34. The van der Waals surface area contributed by atoms with Crippen LogP contribution < -0.4 is 5.32 Å². The molecule has 1 amide bonds. The molecule has 0 unspecified atom stereocenters. The molecule has 0 saturated carbocycles. The molecule has 1 rings (SSSR count). The Kier molecular flexibility index (Phi) is 5.83. The van der Waals surface area contributed by atoms with Crippen LogP contribution in [0.3, 0.4) is 0 Å². The quantitative estimate of drug-likeness (QED) is 0.430. The van der Waals surface area contributed by atoms with Crippen LogP contribution in [-0.4, -0.2) is 21.5 Å². The number of rotatable bonds is 6. The van der Waals surface area contributed by atoms with Crippen molar-refractivity contribution in [3.05, 3.63) is 18.2 Å². The number of phenolic OH excluding ortho intramolecular Hbond substituents is 2. The van der Waals surface area contributed by atoms with Crippen LogP contribution in [0.2, 0.25) is 0 Å². The number of nitrogens with one attached hydrogen (secondary N) is 1. The molecule has 0 spiro atoms. The SMILES string of the molecule is O=C(CCCCCBr)Nc1c(O)cccc1O. The minimum atomic E-state index is -0.198. The molecule has 1 aromatic rings. The van der Waals surface area contributed by atoms with Crippen LogP contribution in [-0.2, 0) is 4.79 Å². The lowest BCUT2D eigenvalue weighted by molar-refractivity contribution is -0.116. The van der Waals surface area contributed by atoms with Crippen LogP contribution in [0.25, 0.3) is 0 Å². The maximum Gasteiger partial charge on any atom is 0.224 e. The number of phenols is 2. The summed E-state index contributed by atoms with van der Waals surface area (Å²) >= 11 is 3.32. The molecule has 0 aliphatic carbocycles. The van der Waals surface area contributed by atoms with Gasteiger partial charge in [0, 0.05) is 11.8 Å². The Morgan fingerprint density at radius 3 is 2.41 bits per heavy atom. The van der Waals surface area contributed by atoms with Gasteiger partial charge in [-0.1, -0.05) is 28.4 Å². The second kappa shape index (κ2) is 7.17. The van der Waals surface area contributed by atoms with Crippen molar-refractivity contribution >= 4 is 27.5 Å². The largest absolute Gasteiger partial charge is 0.506 e. The predicted octanol–water partition coefficient (Wildman–Crippen LogP) is 2.99. The number of hydrogen-bond donors (Lipinski definition) is 3. The number of halogens is 1. The molecule has 0 heterocycles. The van der Waals surface area contributed by atoms with Crippen LogP contribution in [0.5, 0.6) is 11.5 Å². The van der Waals surface area contributed by atoms with Crippen LogP contribution in [0, 0.1) is 0 Å². The van der Waals surface area contributed by atoms with Gasteiger partial charge in [-0.05, 0) is 25.0 Å². The first-order valence-electron chi connectivity index (χ1n) is 5.52. The lowest BCUT2D eigenvalue weighted by Crippen LogP contribution is -2.11. The minimum absolute atomic E-state index is 0.0815. The van der Waals surface area contributed by atoms with Crippen LogP contribution >= 0.6 is 15.9 Å². The second-order valence-electron chi connectivity index (χ2n) is 3.72. The molecule has 0 saturated heterocycles. The molecule has 0 aliphatic rings. The van der Waals surface area contributed by atoms with Crippen molar-refractivity contribution in [2.75, 3.05) is 10.6 Å². The van der Waals surface area contributed by atoms with Gasteiger partial charge in [-0.3, -0.25) is 4.79 Å². The summed E-state index contributed by atoms with van der Waals surface area (Å²) < 4.78 is 0. The topological polar surface area (TPSA) is 69.6 Å². The Balaban J connectivity index is 2.45. The van der Waals surface area contributed by atoms with Gasteiger partial charge in [-0.15, -0.1) is 0 Å². The first kappa shape index (κ1) is 13.8. The summed E-state index contributed by atoms with van der Waals surface area (Å²) in [5.74, 6) is -0.450. The summed E-state index contributed by atoms with van der Waals surface area (Å²) in [5, 5.41) is 22.4. The Morgan fingerprint density at radius 2 is 1.82 bits per heavy atom. The molecular weight excluding hydrogens is 286 g/mol. The number of para-hydroxylation sites is 1. The summed E-state index contributed by atoms with van der Waals surface area (Å²) in [5.41, 5.74) is 0.0815. The third-order valence-electron chi connectivity index (χ3n) is 2.32. The Hall–Kier alpha value is -1.23. The van der Waals surface area contributed by atoms with Crippen LogP contribution in [0.15, 0.2) is 18.2 Å². The monoisotopic (exact) mass is 301 g/mol. The zero-order chi connectivity index (χ0) is 12.7. The smallest absolute Gasteiger partial charge is 0.224 e. The van der Waals surface area contributed by atoms with E-state index in [1.807, 2.05) is 0 Å². The summed E-state index contributed by atoms with van der Waals surface area (Å²) in [6.45, 7) is 0. The summed E-state index contributed by atoms with van der Waals surface area (Å²) in [6.07, 6.45) is 3.20. The van der Waals surface area contributed by atoms with Gasteiger partial charge >= 0.3 is 0 Å². The fourth-order valence-corrected chi connectivity index (χ4v) is 1.81. The lowest BCUT2D eigenvalue weighted by Gasteiger charge is -2.08. The van der Waals surface area contributed by atoms with E-state index in [1.165, 1.54) is 18.2 Å². The van der Waals surface area contributed by atoms with Crippen molar-refractivity contribution in [3.63, 3.8) is 0 Å². The van der Waals surface area contributed by atoms with E-state index in [0.717, 1.165) is 24.6 Å². The zero-order valence-electron chi connectivity index (χ0n) is 9.45. The van der Waals surface area contributed by atoms with Crippen molar-refractivity contribution in [2.24, 2.45) is 0 Å². The van der Waals surface area contributed by atoms with Gasteiger partial charge < -0.3 is 15.5 Å². The van der Waals surface area contributed by atoms with Crippen molar-refractivity contribution in [1.82, 2.24) is 0 Å². The number of aromatic hydroxyl groups is 2. The van der Waals surface area contributed by atoms with E-state index in [0.29, 0.717) is 6.42 Å². The van der Waals surface area contributed by atoms with Crippen molar-refractivity contribution in [3.8, 4) is 11.5 Å². The van der Waals surface area contributed by atoms with Gasteiger partial charge in [-0.25, -0.2) is 0 Å². The third kappa shape index (κ3) is 4.65. The Morgan fingerprint density at radius 1 is 1.18 bits per heavy atom. The number of hydrogen-bond acceptors (Lipinski definition) is 3. The van der Waals surface area contributed by atoms with Gasteiger partial charge in [0.1, 0.15) is 17.2 Å². The van der Waals surface area contributed by atoms with Gasteiger partial charge in [0.15, 0.2) is 0 Å². The highest BCUT2D eigenvalue weighted by Gasteiger charge is 2.10. The average Bonchev–Trinajstić information content (AvgIpc) is 2.30. The standard InChI is InChI=1S/C12H16BrNO3/c13-8-3-1-2-7-11(17)14-12-9(15)5-4-6-10(12)16/h4-6,15-16H,1-3,7-8H2,(H,14,17). The van der Waals surface area contributed by atoms with Gasteiger partial charge in [0.2, 0.25) is 5.91 Å². The van der Waals surface area contributed by atoms with Gasteiger partial charge in [0.25, 0.3) is 0 Å².